The minimum Gasteiger partial charge on any atom is -0.267 e. The normalized spacial score (nSPS) is 19.3. The van der Waals surface area contributed by atoms with Crippen LogP contribution in [0.4, 0.5) is 11.8 Å². The number of nitrogens with zero attached hydrogens (tertiary/aromatic N) is 5. The third-order valence-electron chi connectivity index (χ3n) is 5.18. The van der Waals surface area contributed by atoms with Crippen LogP contribution in [-0.4, -0.2) is 20.9 Å². The predicted octanol–water partition coefficient (Wildman–Crippen LogP) is 3.38. The molecule has 4 rings (SSSR count). The molecule has 0 saturated heterocycles. The number of carbonyl (C=O) groups is 1. The first-order valence-corrected chi connectivity index (χ1v) is 9.07. The highest BCUT2D eigenvalue weighted by Crippen LogP contribution is 2.44. The first-order valence-electron chi connectivity index (χ1n) is 9.07. The molecular weight excluding hydrogens is 344 g/mol. The number of nitroso groups, excluding NO2 is 1. The fraction of sp³-hybridized carbons (Fsp3) is 0.368. The summed E-state index contributed by atoms with van der Waals surface area (Å²) in [6, 6.07) is 3.68. The lowest BCUT2D eigenvalue weighted by Crippen LogP contribution is -2.38. The standard InChI is InChI=1S/C19H20N6O2/c20-25(18(26)16-10-22-19(24-27)23-11-16)17-7-6-15(9-21-17)14-3-1-2-13(8-14)12-4-5-12/h6-13H,1-5,20H2. The molecule has 1 atom stereocenters. The fourth-order valence-electron chi connectivity index (χ4n) is 3.53. The second-order valence-electron chi connectivity index (χ2n) is 7.03. The maximum Gasteiger partial charge on any atom is 0.290 e. The summed E-state index contributed by atoms with van der Waals surface area (Å²) in [4.78, 5) is 34.5. The van der Waals surface area contributed by atoms with Crippen LogP contribution in [0.15, 0.2) is 42.0 Å². The molecule has 0 bridgehead atoms. The summed E-state index contributed by atoms with van der Waals surface area (Å²) in [6.07, 6.45) is 12.9. The van der Waals surface area contributed by atoms with Gasteiger partial charge in [-0.15, -0.1) is 4.91 Å². The number of rotatable bonds is 5. The lowest BCUT2D eigenvalue weighted by molar-refractivity contribution is 0.0985. The number of hydrogen-bond acceptors (Lipinski definition) is 7. The van der Waals surface area contributed by atoms with Gasteiger partial charge >= 0.3 is 0 Å². The molecule has 2 aliphatic carbocycles. The molecule has 2 aliphatic rings. The molecule has 0 spiro atoms. The molecule has 2 heterocycles. The molecule has 27 heavy (non-hydrogen) atoms. The summed E-state index contributed by atoms with van der Waals surface area (Å²) in [5, 5.41) is 3.55. The molecule has 2 aromatic heterocycles. The van der Waals surface area contributed by atoms with Gasteiger partial charge < -0.3 is 0 Å². The Kier molecular flexibility index (Phi) is 4.72. The van der Waals surface area contributed by atoms with Crippen molar-refractivity contribution in [3.63, 3.8) is 0 Å². The van der Waals surface area contributed by atoms with Crippen LogP contribution < -0.4 is 10.9 Å². The number of hydrazine groups is 1. The molecule has 0 aromatic carbocycles. The van der Waals surface area contributed by atoms with Gasteiger partial charge in [0, 0.05) is 23.8 Å². The monoisotopic (exact) mass is 364 g/mol. The quantitative estimate of drug-likeness (QED) is 0.376. The van der Waals surface area contributed by atoms with E-state index >= 15 is 0 Å². The van der Waals surface area contributed by atoms with Crippen LogP contribution in [0.3, 0.4) is 0 Å². The van der Waals surface area contributed by atoms with E-state index in [0.29, 0.717) is 11.7 Å². The summed E-state index contributed by atoms with van der Waals surface area (Å²) in [6.45, 7) is 0. The van der Waals surface area contributed by atoms with E-state index in [1.807, 2.05) is 6.07 Å². The molecule has 1 saturated carbocycles. The Bertz CT molecular complexity index is 874. The Balaban J connectivity index is 1.49. The molecule has 8 nitrogen and oxygen atoms in total. The second-order valence-corrected chi connectivity index (χ2v) is 7.03. The zero-order chi connectivity index (χ0) is 18.8. The number of carbonyl (C=O) groups excluding carboxylic acids is 1. The Morgan fingerprint density at radius 2 is 1.89 bits per heavy atom. The Morgan fingerprint density at radius 3 is 2.52 bits per heavy atom. The smallest absolute Gasteiger partial charge is 0.267 e. The maximum absolute atomic E-state index is 12.4. The van der Waals surface area contributed by atoms with Gasteiger partial charge in [-0.25, -0.2) is 25.8 Å². The van der Waals surface area contributed by atoms with Gasteiger partial charge in [-0.1, -0.05) is 6.08 Å². The van der Waals surface area contributed by atoms with Crippen molar-refractivity contribution in [1.82, 2.24) is 15.0 Å². The molecule has 138 valence electrons. The summed E-state index contributed by atoms with van der Waals surface area (Å²) in [5.41, 5.74) is 2.56. The molecule has 8 heteroatoms. The van der Waals surface area contributed by atoms with Gasteiger partial charge in [-0.3, -0.25) is 4.79 Å². The number of nitrogens with two attached hydrogens (primary N) is 1. The van der Waals surface area contributed by atoms with Crippen LogP contribution in [0.1, 0.15) is 48.0 Å². The Labute approximate surface area is 156 Å². The van der Waals surface area contributed by atoms with Crippen molar-refractivity contribution < 1.29 is 4.79 Å². The molecule has 0 radical (unpaired) electrons. The Hall–Kier alpha value is -3.00. The lowest BCUT2D eigenvalue weighted by atomic mass is 9.85. The average Bonchev–Trinajstić information content (AvgIpc) is 3.58. The molecule has 1 fully saturated rings. The molecule has 2 aromatic rings. The second kappa shape index (κ2) is 7.32. The van der Waals surface area contributed by atoms with Crippen molar-refractivity contribution in [2.75, 3.05) is 5.01 Å². The number of anilines is 1. The molecule has 0 aliphatic heterocycles. The van der Waals surface area contributed by atoms with Crippen molar-refractivity contribution in [2.45, 2.75) is 32.1 Å². The van der Waals surface area contributed by atoms with Gasteiger partial charge in [0.05, 0.1) is 5.56 Å². The van der Waals surface area contributed by atoms with Crippen LogP contribution in [0, 0.1) is 16.7 Å². The van der Waals surface area contributed by atoms with Gasteiger partial charge in [-0.2, -0.15) is 0 Å². The van der Waals surface area contributed by atoms with E-state index in [-0.39, 0.29) is 11.5 Å². The van der Waals surface area contributed by atoms with Crippen LogP contribution in [0.5, 0.6) is 0 Å². The van der Waals surface area contributed by atoms with Crippen LogP contribution in [0.25, 0.3) is 5.57 Å². The highest BCUT2D eigenvalue weighted by atomic mass is 16.3. The van der Waals surface area contributed by atoms with E-state index in [2.05, 4.69) is 26.2 Å². The van der Waals surface area contributed by atoms with Crippen LogP contribution >= 0.6 is 0 Å². The van der Waals surface area contributed by atoms with Gasteiger partial charge in [0.2, 0.25) is 0 Å². The predicted molar refractivity (Wildman–Crippen MR) is 101 cm³/mol. The number of allylic oxidation sites excluding steroid dienone is 2. The lowest BCUT2D eigenvalue weighted by Gasteiger charge is -2.21. The van der Waals surface area contributed by atoms with Gasteiger partial charge in [0.15, 0.2) is 0 Å². The van der Waals surface area contributed by atoms with Crippen molar-refractivity contribution in [3.8, 4) is 0 Å². The average molecular weight is 364 g/mol. The summed E-state index contributed by atoms with van der Waals surface area (Å²) in [7, 11) is 0. The van der Waals surface area contributed by atoms with Crippen molar-refractivity contribution >= 4 is 23.2 Å². The largest absolute Gasteiger partial charge is 0.290 e. The zero-order valence-electron chi connectivity index (χ0n) is 14.8. The molecule has 1 unspecified atom stereocenters. The van der Waals surface area contributed by atoms with Crippen molar-refractivity contribution in [2.24, 2.45) is 22.9 Å². The summed E-state index contributed by atoms with van der Waals surface area (Å²) in [5.74, 6) is 7.05. The molecule has 2 N–H and O–H groups in total. The third-order valence-corrected chi connectivity index (χ3v) is 5.18. The van der Waals surface area contributed by atoms with E-state index in [0.717, 1.165) is 22.9 Å². The van der Waals surface area contributed by atoms with E-state index in [1.165, 1.54) is 43.7 Å². The van der Waals surface area contributed by atoms with Crippen molar-refractivity contribution in [3.05, 3.63) is 52.8 Å². The van der Waals surface area contributed by atoms with E-state index in [4.69, 9.17) is 5.84 Å². The minimum atomic E-state index is -0.515. The summed E-state index contributed by atoms with van der Waals surface area (Å²) < 4.78 is 0. The van der Waals surface area contributed by atoms with E-state index in [9.17, 15) is 9.70 Å². The SMILES string of the molecule is NN(C(=O)c1cnc(N=O)nc1)c1ccc(C2=CC(C3CC3)CCC2)cn1. The first kappa shape index (κ1) is 17.4. The topological polar surface area (TPSA) is 114 Å². The van der Waals surface area contributed by atoms with Crippen LogP contribution in [0.2, 0.25) is 0 Å². The fourth-order valence-corrected chi connectivity index (χ4v) is 3.53. The number of hydrogen-bond donors (Lipinski definition) is 1. The summed E-state index contributed by atoms with van der Waals surface area (Å²) >= 11 is 0. The number of aromatic nitrogens is 3. The third kappa shape index (κ3) is 3.75. The highest BCUT2D eigenvalue weighted by molar-refractivity contribution is 6.04. The molecular formula is C19H20N6O2. The number of pyridine rings is 1. The number of amides is 1. The minimum absolute atomic E-state index is 0.151. The zero-order valence-corrected chi connectivity index (χ0v) is 14.8. The van der Waals surface area contributed by atoms with Gasteiger partial charge in [-0.05, 0) is 67.2 Å². The highest BCUT2D eigenvalue weighted by Gasteiger charge is 2.31. The van der Waals surface area contributed by atoms with E-state index in [1.54, 1.807) is 12.3 Å². The van der Waals surface area contributed by atoms with Gasteiger partial charge in [0.25, 0.3) is 11.9 Å². The Morgan fingerprint density at radius 1 is 1.11 bits per heavy atom. The maximum atomic E-state index is 12.4. The molecule has 1 amide bonds. The van der Waals surface area contributed by atoms with Crippen molar-refractivity contribution in [1.29, 1.82) is 0 Å². The van der Waals surface area contributed by atoms with Gasteiger partial charge in [0.1, 0.15) is 5.82 Å². The van der Waals surface area contributed by atoms with E-state index < -0.39 is 5.91 Å². The van der Waals surface area contributed by atoms with Crippen LogP contribution in [-0.2, 0) is 0 Å². The first-order chi connectivity index (χ1) is 13.2.